The molecule has 3 N–H and O–H groups in total. The number of carbonyl (C=O) groups is 1. The number of benzene rings is 1. The predicted molar refractivity (Wildman–Crippen MR) is 96.3 cm³/mol. The Morgan fingerprint density at radius 1 is 1.25 bits per heavy atom. The van der Waals surface area contributed by atoms with Crippen molar-refractivity contribution >= 4 is 23.1 Å². The van der Waals surface area contributed by atoms with E-state index in [9.17, 15) is 4.79 Å². The number of nitrogens with two attached hydrogens (primary N) is 1. The summed E-state index contributed by atoms with van der Waals surface area (Å²) in [6, 6.07) is 11.7. The van der Waals surface area contributed by atoms with Gasteiger partial charge in [-0.25, -0.2) is 4.79 Å². The summed E-state index contributed by atoms with van der Waals surface area (Å²) in [5, 5.41) is 3.64. The van der Waals surface area contributed by atoms with Crippen molar-refractivity contribution < 1.29 is 9.53 Å². The first-order valence-corrected chi connectivity index (χ1v) is 9.15. The lowest BCUT2D eigenvalue weighted by Crippen LogP contribution is -2.57. The third-order valence-corrected chi connectivity index (χ3v) is 5.92. The minimum Gasteiger partial charge on any atom is -0.399 e. The third-order valence-electron chi connectivity index (χ3n) is 4.91. The quantitative estimate of drug-likeness (QED) is 0.840. The summed E-state index contributed by atoms with van der Waals surface area (Å²) in [6.45, 7) is 3.26. The van der Waals surface area contributed by atoms with Crippen molar-refractivity contribution in [2.75, 3.05) is 25.4 Å². The summed E-state index contributed by atoms with van der Waals surface area (Å²) in [6.07, 6.45) is 1.99. The summed E-state index contributed by atoms with van der Waals surface area (Å²) in [5.74, 6) is 0.591. The number of hydrogen-bond acceptors (Lipinski definition) is 5. The van der Waals surface area contributed by atoms with Crippen LogP contribution < -0.4 is 15.8 Å². The summed E-state index contributed by atoms with van der Waals surface area (Å²) >= 11 is 1.45. The molecule has 2 bridgehead atoms. The van der Waals surface area contributed by atoms with Gasteiger partial charge < -0.3 is 20.7 Å². The number of piperidine rings is 3. The van der Waals surface area contributed by atoms with Crippen LogP contribution in [0.4, 0.5) is 10.5 Å². The maximum atomic E-state index is 12.2. The van der Waals surface area contributed by atoms with E-state index in [1.54, 1.807) is 0 Å². The van der Waals surface area contributed by atoms with Gasteiger partial charge in [0.05, 0.1) is 0 Å². The van der Waals surface area contributed by atoms with Crippen molar-refractivity contribution in [3.63, 3.8) is 0 Å². The number of anilines is 1. The highest BCUT2D eigenvalue weighted by Crippen LogP contribution is 2.34. The van der Waals surface area contributed by atoms with Crippen LogP contribution in [-0.4, -0.2) is 36.7 Å². The van der Waals surface area contributed by atoms with Crippen LogP contribution in [0.25, 0.3) is 10.4 Å². The van der Waals surface area contributed by atoms with Crippen LogP contribution in [0.1, 0.15) is 12.8 Å². The van der Waals surface area contributed by atoms with Gasteiger partial charge in [0.1, 0.15) is 0 Å². The van der Waals surface area contributed by atoms with Crippen LogP contribution in [0.3, 0.4) is 0 Å². The second-order valence-corrected chi connectivity index (χ2v) is 7.57. The Balaban J connectivity index is 1.38. The van der Waals surface area contributed by atoms with Gasteiger partial charge in [0, 0.05) is 23.2 Å². The molecule has 0 radical (unpaired) electrons. The lowest BCUT2D eigenvalue weighted by atomic mass is 9.84. The second-order valence-electron chi connectivity index (χ2n) is 6.52. The van der Waals surface area contributed by atoms with Gasteiger partial charge in [0.2, 0.25) is 0 Å². The maximum Gasteiger partial charge on any atom is 0.413 e. The largest absolute Gasteiger partial charge is 0.413 e. The number of nitrogens with one attached hydrogen (secondary N) is 1. The zero-order valence-corrected chi connectivity index (χ0v) is 14.2. The van der Waals surface area contributed by atoms with Crippen LogP contribution in [-0.2, 0) is 0 Å². The molecule has 4 heterocycles. The number of ether oxygens (including phenoxy) is 1. The number of nitrogens with zero attached hydrogens (tertiary/aromatic N) is 1. The molecule has 3 saturated heterocycles. The molecule has 6 heteroatoms. The van der Waals surface area contributed by atoms with Crippen LogP contribution in [0, 0.1) is 5.92 Å². The van der Waals surface area contributed by atoms with Gasteiger partial charge in [-0.15, -0.1) is 0 Å². The number of rotatable bonds is 3. The lowest BCUT2D eigenvalue weighted by molar-refractivity contribution is 0.0726. The zero-order chi connectivity index (χ0) is 16.5. The Hall–Kier alpha value is -2.05. The zero-order valence-electron chi connectivity index (χ0n) is 13.4. The molecular weight excluding hydrogens is 322 g/mol. The molecule has 24 heavy (non-hydrogen) atoms. The number of thiophene rings is 1. The molecule has 5 rings (SSSR count). The average molecular weight is 343 g/mol. The number of carbonyl (C=O) groups excluding carboxylic acids is 1. The first-order valence-electron chi connectivity index (χ1n) is 8.34. The van der Waals surface area contributed by atoms with E-state index in [1.807, 2.05) is 36.4 Å². The SMILES string of the molecule is Nc1cccc(-c2ccc(OC(=O)NC3CN4CCC3CC4)s2)c1. The van der Waals surface area contributed by atoms with E-state index in [2.05, 4.69) is 10.2 Å². The van der Waals surface area contributed by atoms with Crippen LogP contribution >= 0.6 is 11.3 Å². The van der Waals surface area contributed by atoms with E-state index >= 15 is 0 Å². The van der Waals surface area contributed by atoms with E-state index in [1.165, 1.54) is 24.2 Å². The van der Waals surface area contributed by atoms with Crippen LogP contribution in [0.15, 0.2) is 36.4 Å². The minimum atomic E-state index is -0.352. The van der Waals surface area contributed by atoms with E-state index in [0.29, 0.717) is 11.0 Å². The van der Waals surface area contributed by atoms with Gasteiger partial charge in [-0.3, -0.25) is 0 Å². The first-order chi connectivity index (χ1) is 11.7. The van der Waals surface area contributed by atoms with Gasteiger partial charge in [0.15, 0.2) is 5.06 Å². The van der Waals surface area contributed by atoms with E-state index in [0.717, 1.165) is 35.8 Å². The van der Waals surface area contributed by atoms with Gasteiger partial charge in [-0.05, 0) is 61.7 Å². The van der Waals surface area contributed by atoms with Crippen molar-refractivity contribution in [1.29, 1.82) is 0 Å². The number of fused-ring (bicyclic) bond motifs is 3. The number of amides is 1. The van der Waals surface area contributed by atoms with Gasteiger partial charge in [0.25, 0.3) is 0 Å². The Morgan fingerprint density at radius 3 is 2.79 bits per heavy atom. The van der Waals surface area contributed by atoms with Crippen molar-refractivity contribution in [2.45, 2.75) is 18.9 Å². The third kappa shape index (κ3) is 3.25. The molecule has 1 aromatic carbocycles. The second kappa shape index (κ2) is 6.45. The molecule has 1 unspecified atom stereocenters. The summed E-state index contributed by atoms with van der Waals surface area (Å²) in [5.41, 5.74) is 7.58. The first kappa shape index (κ1) is 15.5. The molecule has 0 spiro atoms. The highest BCUT2D eigenvalue weighted by atomic mass is 32.1. The molecule has 5 nitrogen and oxygen atoms in total. The maximum absolute atomic E-state index is 12.2. The Kier molecular flexibility index (Phi) is 4.16. The Morgan fingerprint density at radius 2 is 2.08 bits per heavy atom. The van der Waals surface area contributed by atoms with Crippen LogP contribution in [0.5, 0.6) is 5.06 Å². The van der Waals surface area contributed by atoms with Gasteiger partial charge in [-0.1, -0.05) is 23.5 Å². The highest BCUT2D eigenvalue weighted by molar-refractivity contribution is 7.17. The molecule has 3 aliphatic heterocycles. The molecule has 1 aromatic heterocycles. The van der Waals surface area contributed by atoms with Crippen molar-refractivity contribution in [1.82, 2.24) is 10.2 Å². The lowest BCUT2D eigenvalue weighted by Gasteiger charge is -2.44. The Labute approximate surface area is 145 Å². The molecular formula is C18H21N3O2S. The number of nitrogen functional groups attached to an aromatic ring is 1. The number of hydrogen-bond donors (Lipinski definition) is 2. The van der Waals surface area contributed by atoms with Crippen molar-refractivity contribution in [2.24, 2.45) is 5.92 Å². The minimum absolute atomic E-state index is 0.216. The van der Waals surface area contributed by atoms with E-state index < -0.39 is 0 Å². The molecule has 1 amide bonds. The van der Waals surface area contributed by atoms with Crippen molar-refractivity contribution in [3.05, 3.63) is 36.4 Å². The molecule has 126 valence electrons. The fourth-order valence-corrected chi connectivity index (χ4v) is 4.47. The standard InChI is InChI=1S/C18H21N3O2S/c19-14-3-1-2-13(10-14)16-4-5-17(24-16)23-18(22)20-15-11-21-8-6-12(15)7-9-21/h1-5,10,12,15H,6-9,11,19H2,(H,20,22). The highest BCUT2D eigenvalue weighted by Gasteiger charge is 2.35. The predicted octanol–water partition coefficient (Wildman–Crippen LogP) is 3.18. The smallest absolute Gasteiger partial charge is 0.399 e. The summed E-state index contributed by atoms with van der Waals surface area (Å²) in [4.78, 5) is 15.6. The molecule has 1 atom stereocenters. The van der Waals surface area contributed by atoms with Crippen molar-refractivity contribution in [3.8, 4) is 15.5 Å². The Bertz CT molecular complexity index is 737. The fourth-order valence-electron chi connectivity index (χ4n) is 3.62. The molecule has 0 saturated carbocycles. The monoisotopic (exact) mass is 343 g/mol. The van der Waals surface area contributed by atoms with Crippen LogP contribution in [0.2, 0.25) is 0 Å². The summed E-state index contributed by atoms with van der Waals surface area (Å²) < 4.78 is 5.48. The average Bonchev–Trinajstić information content (AvgIpc) is 3.04. The summed E-state index contributed by atoms with van der Waals surface area (Å²) in [7, 11) is 0. The van der Waals surface area contributed by atoms with Gasteiger partial charge >= 0.3 is 6.09 Å². The molecule has 3 aliphatic rings. The molecule has 0 aliphatic carbocycles. The van der Waals surface area contributed by atoms with E-state index in [4.69, 9.17) is 10.5 Å². The van der Waals surface area contributed by atoms with Gasteiger partial charge in [-0.2, -0.15) is 0 Å². The topological polar surface area (TPSA) is 67.6 Å². The fraction of sp³-hybridized carbons (Fsp3) is 0.389. The normalized spacial score (nSPS) is 25.4. The molecule has 3 fully saturated rings. The molecule has 2 aromatic rings. The van der Waals surface area contributed by atoms with E-state index in [-0.39, 0.29) is 12.1 Å².